The first kappa shape index (κ1) is 16.8. The van der Waals surface area contributed by atoms with Gasteiger partial charge in [-0.25, -0.2) is 5.43 Å². The Hall–Kier alpha value is -1.55. The molecule has 1 aromatic rings. The van der Waals surface area contributed by atoms with Gasteiger partial charge in [-0.3, -0.25) is 4.79 Å². The number of rotatable bonds is 4. The third-order valence-electron chi connectivity index (χ3n) is 3.86. The number of benzene rings is 1. The highest BCUT2D eigenvalue weighted by molar-refractivity contribution is 6.32. The van der Waals surface area contributed by atoms with Gasteiger partial charge in [0.1, 0.15) is 5.75 Å². The second kappa shape index (κ2) is 7.63. The first-order valence-corrected chi connectivity index (χ1v) is 8.07. The highest BCUT2D eigenvalue weighted by Crippen LogP contribution is 2.25. The van der Waals surface area contributed by atoms with Crippen molar-refractivity contribution in [1.82, 2.24) is 5.43 Å². The van der Waals surface area contributed by atoms with Crippen LogP contribution < -0.4 is 10.2 Å². The van der Waals surface area contributed by atoms with Crippen LogP contribution in [0.4, 0.5) is 0 Å². The van der Waals surface area contributed by atoms with Crippen LogP contribution in [0.1, 0.15) is 43.7 Å². The molecule has 1 fully saturated rings. The van der Waals surface area contributed by atoms with Gasteiger partial charge in [0.05, 0.1) is 0 Å². The molecular formula is C17H23ClN2O2. The van der Waals surface area contributed by atoms with E-state index in [4.69, 9.17) is 16.3 Å². The minimum Gasteiger partial charge on any atom is -0.484 e. The molecule has 1 aliphatic rings. The van der Waals surface area contributed by atoms with Gasteiger partial charge in [-0.15, -0.1) is 0 Å². The van der Waals surface area contributed by atoms with Crippen molar-refractivity contribution in [2.45, 2.75) is 46.5 Å². The lowest BCUT2D eigenvalue weighted by Crippen LogP contribution is -2.27. The molecule has 0 spiro atoms. The predicted octanol–water partition coefficient (Wildman–Crippen LogP) is 4.02. The monoisotopic (exact) mass is 322 g/mol. The number of ether oxygens (including phenoxy) is 1. The van der Waals surface area contributed by atoms with Crippen molar-refractivity contribution in [3.63, 3.8) is 0 Å². The van der Waals surface area contributed by atoms with E-state index in [1.807, 2.05) is 26.0 Å². The van der Waals surface area contributed by atoms with E-state index in [1.54, 1.807) is 0 Å². The maximum atomic E-state index is 11.8. The lowest BCUT2D eigenvalue weighted by Gasteiger charge is -2.18. The molecule has 1 aliphatic carbocycles. The van der Waals surface area contributed by atoms with E-state index in [1.165, 1.54) is 6.42 Å². The lowest BCUT2D eigenvalue weighted by atomic mass is 9.89. The second-order valence-electron chi connectivity index (χ2n) is 6.07. The van der Waals surface area contributed by atoms with Gasteiger partial charge < -0.3 is 4.74 Å². The van der Waals surface area contributed by atoms with Gasteiger partial charge in [0.25, 0.3) is 5.91 Å². The van der Waals surface area contributed by atoms with Gasteiger partial charge in [0.2, 0.25) is 0 Å². The maximum absolute atomic E-state index is 11.8. The molecular weight excluding hydrogens is 300 g/mol. The fourth-order valence-electron chi connectivity index (χ4n) is 2.67. The Bertz CT molecular complexity index is 561. The third kappa shape index (κ3) is 4.73. The lowest BCUT2D eigenvalue weighted by molar-refractivity contribution is -0.123. The molecule has 1 atom stereocenters. The first-order valence-electron chi connectivity index (χ1n) is 7.69. The minimum absolute atomic E-state index is 0.0488. The number of nitrogens with one attached hydrogen (secondary N) is 1. The summed E-state index contributed by atoms with van der Waals surface area (Å²) in [6, 6.07) is 3.66. The Morgan fingerprint density at radius 1 is 1.41 bits per heavy atom. The average molecular weight is 323 g/mol. The third-order valence-corrected chi connectivity index (χ3v) is 4.46. The molecule has 1 N–H and O–H groups in total. The highest BCUT2D eigenvalue weighted by atomic mass is 35.5. The number of nitrogens with zero attached hydrogens (tertiary/aromatic N) is 1. The number of hydrogen-bond donors (Lipinski definition) is 1. The van der Waals surface area contributed by atoms with E-state index < -0.39 is 0 Å². The van der Waals surface area contributed by atoms with Crippen molar-refractivity contribution in [3.8, 4) is 5.75 Å². The van der Waals surface area contributed by atoms with Gasteiger partial charge >= 0.3 is 0 Å². The predicted molar refractivity (Wildman–Crippen MR) is 89.6 cm³/mol. The van der Waals surface area contributed by atoms with Crippen LogP contribution in [0, 0.1) is 19.8 Å². The average Bonchev–Trinajstić information content (AvgIpc) is 2.48. The molecule has 2 rings (SSSR count). The number of halogens is 1. The van der Waals surface area contributed by atoms with Crippen molar-refractivity contribution in [1.29, 1.82) is 0 Å². The molecule has 1 amide bonds. The Morgan fingerprint density at radius 3 is 2.73 bits per heavy atom. The van der Waals surface area contributed by atoms with Crippen LogP contribution in [-0.4, -0.2) is 18.2 Å². The highest BCUT2D eigenvalue weighted by Gasteiger charge is 2.14. The summed E-state index contributed by atoms with van der Waals surface area (Å²) in [4.78, 5) is 11.8. The number of carbonyl (C=O) groups is 1. The first-order chi connectivity index (χ1) is 10.5. The molecule has 1 aromatic carbocycles. The molecule has 5 heteroatoms. The van der Waals surface area contributed by atoms with Crippen molar-refractivity contribution in [2.24, 2.45) is 11.0 Å². The number of hydrogen-bond acceptors (Lipinski definition) is 3. The molecule has 22 heavy (non-hydrogen) atoms. The Morgan fingerprint density at radius 2 is 2.09 bits per heavy atom. The number of carbonyl (C=O) groups excluding carboxylic acids is 1. The molecule has 0 aromatic heterocycles. The Kier molecular flexibility index (Phi) is 5.83. The molecule has 4 nitrogen and oxygen atoms in total. The van der Waals surface area contributed by atoms with E-state index in [-0.39, 0.29) is 12.5 Å². The van der Waals surface area contributed by atoms with Gasteiger partial charge in [-0.1, -0.05) is 18.5 Å². The summed E-state index contributed by atoms with van der Waals surface area (Å²) in [6.07, 6.45) is 4.33. The summed E-state index contributed by atoms with van der Waals surface area (Å²) in [5.41, 5.74) is 5.53. The quantitative estimate of drug-likeness (QED) is 0.851. The zero-order valence-corrected chi connectivity index (χ0v) is 14.2. The number of aryl methyl sites for hydroxylation is 2. The second-order valence-corrected chi connectivity index (χ2v) is 6.45. The Labute approximate surface area is 136 Å². The number of hydrazone groups is 1. The van der Waals surface area contributed by atoms with Crippen LogP contribution in [0.5, 0.6) is 5.75 Å². The summed E-state index contributed by atoms with van der Waals surface area (Å²) in [7, 11) is 0. The van der Waals surface area contributed by atoms with E-state index in [9.17, 15) is 4.79 Å². The van der Waals surface area contributed by atoms with Gasteiger partial charge in [0, 0.05) is 10.7 Å². The van der Waals surface area contributed by atoms with E-state index >= 15 is 0 Å². The topological polar surface area (TPSA) is 50.7 Å². The molecule has 1 unspecified atom stereocenters. The minimum atomic E-state index is -0.240. The molecule has 0 aliphatic heterocycles. The van der Waals surface area contributed by atoms with E-state index in [0.29, 0.717) is 11.7 Å². The van der Waals surface area contributed by atoms with Crippen LogP contribution in [-0.2, 0) is 4.79 Å². The molecule has 120 valence electrons. The molecule has 0 saturated heterocycles. The summed E-state index contributed by atoms with van der Waals surface area (Å²) < 4.78 is 5.51. The smallest absolute Gasteiger partial charge is 0.277 e. The van der Waals surface area contributed by atoms with E-state index in [2.05, 4.69) is 17.5 Å². The zero-order chi connectivity index (χ0) is 16.1. The summed E-state index contributed by atoms with van der Waals surface area (Å²) in [5, 5.41) is 4.94. The van der Waals surface area contributed by atoms with Crippen LogP contribution >= 0.6 is 11.6 Å². The maximum Gasteiger partial charge on any atom is 0.277 e. The standard InChI is InChI=1S/C17H23ClN2O2/c1-11-5-4-6-14(7-11)19-20-16(21)10-22-15-8-12(2)17(18)13(3)9-15/h8-9,11H,4-7,10H2,1-3H3,(H,20,21). The molecule has 0 bridgehead atoms. The van der Waals surface area contributed by atoms with Crippen molar-refractivity contribution in [3.05, 3.63) is 28.3 Å². The van der Waals surface area contributed by atoms with Crippen molar-refractivity contribution in [2.75, 3.05) is 6.61 Å². The molecule has 0 heterocycles. The van der Waals surface area contributed by atoms with Crippen molar-refractivity contribution >= 4 is 23.2 Å². The SMILES string of the molecule is Cc1cc(OCC(=O)NN=C2CCCC(C)C2)cc(C)c1Cl. The van der Waals surface area contributed by atoms with Gasteiger partial charge in [-0.2, -0.15) is 5.10 Å². The Balaban J connectivity index is 1.84. The fourth-order valence-corrected chi connectivity index (χ4v) is 2.78. The summed E-state index contributed by atoms with van der Waals surface area (Å²) >= 11 is 6.11. The van der Waals surface area contributed by atoms with Crippen LogP contribution in [0.15, 0.2) is 17.2 Å². The molecule has 0 radical (unpaired) electrons. The summed E-state index contributed by atoms with van der Waals surface area (Å²) in [5.74, 6) is 1.06. The fraction of sp³-hybridized carbons (Fsp3) is 0.529. The van der Waals surface area contributed by atoms with Gasteiger partial charge in [-0.05, 0) is 68.7 Å². The van der Waals surface area contributed by atoms with Crippen LogP contribution in [0.25, 0.3) is 0 Å². The van der Waals surface area contributed by atoms with Gasteiger partial charge in [0.15, 0.2) is 6.61 Å². The van der Waals surface area contributed by atoms with Crippen molar-refractivity contribution < 1.29 is 9.53 Å². The van der Waals surface area contributed by atoms with Crippen LogP contribution in [0.3, 0.4) is 0 Å². The van der Waals surface area contributed by atoms with Crippen LogP contribution in [0.2, 0.25) is 5.02 Å². The summed E-state index contributed by atoms with van der Waals surface area (Å²) in [6.45, 7) is 5.99. The largest absolute Gasteiger partial charge is 0.484 e. The zero-order valence-electron chi connectivity index (χ0n) is 13.4. The van der Waals surface area contributed by atoms with E-state index in [0.717, 1.165) is 41.1 Å². The normalized spacial score (nSPS) is 20.0. The molecule has 1 saturated carbocycles. The number of amides is 1.